The van der Waals surface area contributed by atoms with Crippen molar-refractivity contribution in [1.29, 1.82) is 0 Å². The van der Waals surface area contributed by atoms with Crippen LogP contribution in [0.25, 0.3) is 0 Å². The van der Waals surface area contributed by atoms with Gasteiger partial charge in [-0.15, -0.1) is 0 Å². The molecule has 1 aromatic carbocycles. The molecule has 0 saturated carbocycles. The first-order valence-electron chi connectivity index (χ1n) is 7.98. The highest BCUT2D eigenvalue weighted by Gasteiger charge is 2.40. The summed E-state index contributed by atoms with van der Waals surface area (Å²) in [5, 5.41) is 14.0. The second-order valence-corrected chi connectivity index (χ2v) is 8.21. The molecule has 0 aliphatic rings. The molecular weight excluding hydrogens is 290 g/mol. The maximum atomic E-state index is 12.9. The first-order valence-corrected chi connectivity index (χ1v) is 7.98. The molecule has 1 rings (SSSR count). The largest absolute Gasteiger partial charge is 0.550 e. The third kappa shape index (κ3) is 5.70. The lowest BCUT2D eigenvalue weighted by Crippen LogP contribution is -2.46. The predicted octanol–water partition coefficient (Wildman–Crippen LogP) is 2.69. The Hall–Kier alpha value is -1.84. The zero-order valence-electron chi connectivity index (χ0n) is 15.0. The highest BCUT2D eigenvalue weighted by molar-refractivity contribution is 5.81. The molecule has 4 nitrogen and oxygen atoms in total. The molecule has 0 unspecified atom stereocenters. The molecule has 23 heavy (non-hydrogen) atoms. The van der Waals surface area contributed by atoms with Gasteiger partial charge in [0.05, 0.1) is 6.04 Å². The molecule has 4 heteroatoms. The molecule has 0 bridgehead atoms. The fourth-order valence-electron chi connectivity index (χ4n) is 3.44. The summed E-state index contributed by atoms with van der Waals surface area (Å²) in [5.74, 6) is -1.55. The van der Waals surface area contributed by atoms with Crippen molar-refractivity contribution in [2.45, 2.75) is 54.0 Å². The molecule has 1 aromatic rings. The van der Waals surface area contributed by atoms with E-state index in [1.165, 1.54) is 0 Å². The minimum Gasteiger partial charge on any atom is -0.550 e. The fourth-order valence-corrected chi connectivity index (χ4v) is 3.44. The van der Waals surface area contributed by atoms with Crippen LogP contribution < -0.4 is 10.4 Å². The van der Waals surface area contributed by atoms with E-state index >= 15 is 0 Å². The summed E-state index contributed by atoms with van der Waals surface area (Å²) in [6.45, 7) is 12.2. The maximum Gasteiger partial charge on any atom is 0.224 e. The number of carbonyl (C=O) groups is 2. The Labute approximate surface area is 139 Å². The van der Waals surface area contributed by atoms with Crippen molar-refractivity contribution in [3.8, 4) is 0 Å². The smallest absolute Gasteiger partial charge is 0.224 e. The van der Waals surface area contributed by atoms with Crippen LogP contribution in [0.1, 0.15) is 59.6 Å². The summed E-state index contributed by atoms with van der Waals surface area (Å²) in [6.07, 6.45) is -0.239. The topological polar surface area (TPSA) is 69.2 Å². The van der Waals surface area contributed by atoms with E-state index in [-0.39, 0.29) is 29.1 Å². The lowest BCUT2D eigenvalue weighted by molar-refractivity contribution is -0.306. The van der Waals surface area contributed by atoms with Crippen LogP contribution in [0.3, 0.4) is 0 Å². The maximum absolute atomic E-state index is 12.9. The van der Waals surface area contributed by atoms with Crippen LogP contribution in [-0.2, 0) is 9.59 Å². The Morgan fingerprint density at radius 2 is 1.48 bits per heavy atom. The predicted molar refractivity (Wildman–Crippen MR) is 89.3 cm³/mol. The van der Waals surface area contributed by atoms with Crippen molar-refractivity contribution in [3.05, 3.63) is 35.9 Å². The van der Waals surface area contributed by atoms with Crippen LogP contribution in [-0.4, -0.2) is 11.9 Å². The second-order valence-electron chi connectivity index (χ2n) is 8.21. The number of nitrogens with one attached hydrogen (secondary N) is 1. The monoisotopic (exact) mass is 318 g/mol. The Balaban J connectivity index is 3.07. The first-order chi connectivity index (χ1) is 10.4. The first kappa shape index (κ1) is 19.2. The SMILES string of the molecule is CC(C)(C)C(C(=O)N[C@@H](CC(=O)[O-])c1ccccc1)C(C)(C)C. The summed E-state index contributed by atoms with van der Waals surface area (Å²) in [5.41, 5.74) is 0.308. The standard InChI is InChI=1S/C19H29NO3/c1-18(2,3)16(19(4,5)6)17(23)20-14(12-15(21)22)13-10-8-7-9-11-13/h7-11,14,16H,12H2,1-6H3,(H,20,23)(H,21,22)/p-1/t14-/m0/s1. The Morgan fingerprint density at radius 3 is 1.87 bits per heavy atom. The van der Waals surface area contributed by atoms with Gasteiger partial charge >= 0.3 is 0 Å². The minimum atomic E-state index is -1.18. The normalized spacial score (nSPS) is 13.7. The van der Waals surface area contributed by atoms with E-state index in [1.807, 2.05) is 71.9 Å². The second kappa shape index (κ2) is 7.16. The van der Waals surface area contributed by atoms with Gasteiger partial charge in [0.1, 0.15) is 0 Å². The summed E-state index contributed by atoms with van der Waals surface area (Å²) in [4.78, 5) is 23.9. The molecule has 128 valence electrons. The van der Waals surface area contributed by atoms with Gasteiger partial charge in [0.25, 0.3) is 0 Å². The van der Waals surface area contributed by atoms with Gasteiger partial charge in [0.15, 0.2) is 0 Å². The van der Waals surface area contributed by atoms with E-state index in [4.69, 9.17) is 0 Å². The van der Waals surface area contributed by atoms with Gasteiger partial charge in [0.2, 0.25) is 5.91 Å². The quantitative estimate of drug-likeness (QED) is 0.907. The van der Waals surface area contributed by atoms with Crippen molar-refractivity contribution in [1.82, 2.24) is 5.32 Å². The lowest BCUT2D eigenvalue weighted by atomic mass is 9.66. The molecule has 1 amide bonds. The van der Waals surface area contributed by atoms with Crippen LogP contribution in [0.4, 0.5) is 0 Å². The number of carboxylic acids is 1. The number of amides is 1. The molecule has 0 heterocycles. The van der Waals surface area contributed by atoms with Crippen molar-refractivity contribution < 1.29 is 14.7 Å². The van der Waals surface area contributed by atoms with Crippen molar-refractivity contribution in [2.75, 3.05) is 0 Å². The van der Waals surface area contributed by atoms with Gasteiger partial charge in [-0.3, -0.25) is 4.79 Å². The number of carboxylic acid groups (broad SMARTS) is 1. The zero-order chi connectivity index (χ0) is 17.8. The minimum absolute atomic E-state index is 0.125. The lowest BCUT2D eigenvalue weighted by Gasteiger charge is -2.40. The molecular formula is C19H28NO3-. The van der Waals surface area contributed by atoms with Gasteiger partial charge in [0, 0.05) is 18.3 Å². The Kier molecular flexibility index (Phi) is 5.98. The number of rotatable bonds is 5. The summed E-state index contributed by atoms with van der Waals surface area (Å²) in [6, 6.07) is 8.56. The average molecular weight is 318 g/mol. The van der Waals surface area contributed by atoms with E-state index < -0.39 is 12.0 Å². The van der Waals surface area contributed by atoms with Crippen LogP contribution in [0, 0.1) is 16.7 Å². The molecule has 0 aliphatic carbocycles. The molecule has 0 aliphatic heterocycles. The average Bonchev–Trinajstić information content (AvgIpc) is 2.34. The summed E-state index contributed by atoms with van der Waals surface area (Å²) < 4.78 is 0. The Morgan fingerprint density at radius 1 is 1.00 bits per heavy atom. The molecule has 0 fully saturated rings. The number of hydrogen-bond donors (Lipinski definition) is 1. The molecule has 0 aromatic heterocycles. The van der Waals surface area contributed by atoms with E-state index in [1.54, 1.807) is 0 Å². The third-order valence-electron chi connectivity index (χ3n) is 3.88. The number of hydrogen-bond acceptors (Lipinski definition) is 3. The molecule has 0 radical (unpaired) electrons. The van der Waals surface area contributed by atoms with Crippen LogP contribution in [0.15, 0.2) is 30.3 Å². The number of carbonyl (C=O) groups excluding carboxylic acids is 2. The number of aliphatic carboxylic acids is 1. The van der Waals surface area contributed by atoms with Crippen LogP contribution in [0.2, 0.25) is 0 Å². The highest BCUT2D eigenvalue weighted by atomic mass is 16.4. The van der Waals surface area contributed by atoms with Crippen LogP contribution in [0.5, 0.6) is 0 Å². The molecule has 1 atom stereocenters. The van der Waals surface area contributed by atoms with Crippen molar-refractivity contribution in [3.63, 3.8) is 0 Å². The molecule has 0 saturated heterocycles. The van der Waals surface area contributed by atoms with Gasteiger partial charge in [-0.1, -0.05) is 71.9 Å². The van der Waals surface area contributed by atoms with Crippen molar-refractivity contribution >= 4 is 11.9 Å². The Bertz CT molecular complexity index is 524. The van der Waals surface area contributed by atoms with Gasteiger partial charge in [-0.2, -0.15) is 0 Å². The van der Waals surface area contributed by atoms with E-state index in [2.05, 4.69) is 5.32 Å². The van der Waals surface area contributed by atoms with Crippen LogP contribution >= 0.6 is 0 Å². The fraction of sp³-hybridized carbons (Fsp3) is 0.579. The van der Waals surface area contributed by atoms with Crippen molar-refractivity contribution in [2.24, 2.45) is 16.7 Å². The van der Waals surface area contributed by atoms with E-state index in [0.29, 0.717) is 0 Å². The highest BCUT2D eigenvalue weighted by Crippen LogP contribution is 2.40. The third-order valence-corrected chi connectivity index (χ3v) is 3.88. The van der Waals surface area contributed by atoms with E-state index in [9.17, 15) is 14.7 Å². The molecule has 0 spiro atoms. The summed E-state index contributed by atoms with van der Waals surface area (Å²) >= 11 is 0. The van der Waals surface area contributed by atoms with Gasteiger partial charge in [-0.25, -0.2) is 0 Å². The number of benzene rings is 1. The summed E-state index contributed by atoms with van der Waals surface area (Å²) in [7, 11) is 0. The van der Waals surface area contributed by atoms with Gasteiger partial charge < -0.3 is 15.2 Å². The zero-order valence-corrected chi connectivity index (χ0v) is 15.0. The van der Waals surface area contributed by atoms with Gasteiger partial charge in [-0.05, 0) is 16.4 Å². The molecule has 1 N–H and O–H groups in total. The van der Waals surface area contributed by atoms with E-state index in [0.717, 1.165) is 5.56 Å².